The first-order chi connectivity index (χ1) is 0. The molecule has 0 heterocycles. The van der Waals surface area contributed by atoms with Crippen LogP contribution in [-0.4, -0.2) is 0 Å². The third-order valence-corrected chi connectivity index (χ3v) is 0. The van der Waals surface area contributed by atoms with E-state index in [2.05, 4.69) is 0 Å². The van der Waals surface area contributed by atoms with Crippen molar-refractivity contribution in [1.29, 1.82) is 0 Å². The van der Waals surface area contributed by atoms with Crippen molar-refractivity contribution in [1.82, 2.24) is 0 Å². The third-order valence-electron chi connectivity index (χ3n) is 0. The van der Waals surface area contributed by atoms with Crippen LogP contribution in [0.3, 0.4) is 0 Å². The van der Waals surface area contributed by atoms with Crippen molar-refractivity contribution in [3.8, 4) is 0 Å². The zero-order chi connectivity index (χ0) is 0. The van der Waals surface area contributed by atoms with Crippen LogP contribution >= 0.6 is 0 Å². The molecule has 0 unspecified atom stereocenters. The molecule has 0 aliphatic carbocycles. The van der Waals surface area contributed by atoms with Crippen molar-refractivity contribution in [2.75, 3.05) is 0 Å². The summed E-state index contributed by atoms with van der Waals surface area (Å²) < 4.78 is 0. The smallest absolute Gasteiger partial charge is 1.00 e. The number of hydrogen-bond donors (Lipinski definition) is 0. The number of halogens is 4. The minimum absolute atomic E-state index is 0. The summed E-state index contributed by atoms with van der Waals surface area (Å²) in [5.74, 6) is 0. The Hall–Kier alpha value is 1.78. The number of rotatable bonds is 0. The van der Waals surface area contributed by atoms with Gasteiger partial charge in [-0.15, -0.1) is 0 Å². The minimum atomic E-state index is 0. The molecule has 5 heavy (non-hydrogen) atoms. The van der Waals surface area contributed by atoms with Crippen LogP contribution in [0.25, 0.3) is 0 Å². The summed E-state index contributed by atoms with van der Waals surface area (Å²) in [5, 5.41) is 0. The molecule has 0 bridgehead atoms. The van der Waals surface area contributed by atoms with Crippen LogP contribution in [0.1, 0.15) is 0 Å². The Kier molecular flexibility index (Phi) is 594. The van der Waals surface area contributed by atoms with Crippen LogP contribution < -0.4 is 37.2 Å². The molecule has 0 aliphatic rings. The maximum absolute atomic E-state index is 0. The number of hydrogen-bond acceptors (Lipinski definition) is 0. The predicted octanol–water partition coefficient (Wildman–Crippen LogP) is -8.99. The second-order valence-electron chi connectivity index (χ2n) is 0. The Bertz CT molecular complexity index is 3.61. The molecule has 0 saturated heterocycles. The summed E-state index contributed by atoms with van der Waals surface area (Å²) in [6.07, 6.45) is 0. The molecule has 0 fully saturated rings. The van der Waals surface area contributed by atoms with Gasteiger partial charge in [-0.05, 0) is 0 Å². The Morgan fingerprint density at radius 3 is 0.600 bits per heavy atom. The molecular formula is Cl4Zn. The molecule has 0 spiro atoms. The van der Waals surface area contributed by atoms with E-state index in [1.807, 2.05) is 0 Å². The van der Waals surface area contributed by atoms with Crippen molar-refractivity contribution in [3.63, 3.8) is 0 Å². The van der Waals surface area contributed by atoms with Gasteiger partial charge < -0.3 is 37.2 Å². The summed E-state index contributed by atoms with van der Waals surface area (Å²) in [5.41, 5.74) is 0. The quantitative estimate of drug-likeness (QED) is 0.346. The van der Waals surface area contributed by atoms with E-state index in [1.54, 1.807) is 0 Å². The molecule has 0 N–H and O–H groups in total. The maximum atomic E-state index is 0. The Labute approximate surface area is 68.9 Å². The van der Waals surface area contributed by atoms with Gasteiger partial charge in [0.2, 0.25) is 0 Å². The van der Waals surface area contributed by atoms with Gasteiger partial charge in [0.25, 0.3) is 0 Å². The molecule has 0 aliphatic heterocycles. The van der Waals surface area contributed by atoms with E-state index in [1.165, 1.54) is 0 Å². The van der Waals surface area contributed by atoms with E-state index < -0.39 is 0 Å². The second kappa shape index (κ2) is 41.6. The fourth-order valence-corrected chi connectivity index (χ4v) is 0. The van der Waals surface area contributed by atoms with E-state index in [9.17, 15) is 0 Å². The van der Waals surface area contributed by atoms with Crippen LogP contribution in [0.15, 0.2) is 0 Å². The zero-order valence-corrected chi connectivity index (χ0v) is 8.21. The van der Waals surface area contributed by atoms with Crippen LogP contribution in [0, 0.1) is 12.4 Å². The van der Waals surface area contributed by atoms with Crippen molar-refractivity contribution in [3.05, 3.63) is 0 Å². The monoisotopic (exact) mass is 204 g/mol. The van der Waals surface area contributed by atoms with Crippen molar-refractivity contribution in [2.24, 2.45) is 0 Å². The van der Waals surface area contributed by atoms with Crippen LogP contribution in [0.4, 0.5) is 0 Å². The molecule has 30 valence electrons. The molecule has 0 saturated carbocycles. The SMILES string of the molecule is [Cl+].[Cl-].[Cl-].[Cl-].[Zn+2]. The van der Waals surface area contributed by atoms with Crippen LogP contribution in [-0.2, 0) is 19.5 Å². The first-order valence-electron chi connectivity index (χ1n) is 0. The van der Waals surface area contributed by atoms with Crippen LogP contribution in [0.2, 0.25) is 0 Å². The topological polar surface area (TPSA) is 0 Å². The van der Waals surface area contributed by atoms with Gasteiger partial charge in [0.1, 0.15) is 0 Å². The fraction of sp³-hybridized carbons (Fsp3) is 0. The molecule has 0 rings (SSSR count). The molecule has 5 heteroatoms. The maximum Gasteiger partial charge on any atom is 2.00 e. The molecule has 0 aromatic heterocycles. The van der Waals surface area contributed by atoms with Gasteiger partial charge >= 0.3 is 31.9 Å². The molecule has 0 aromatic carbocycles. The van der Waals surface area contributed by atoms with Crippen LogP contribution in [0.5, 0.6) is 0 Å². The fourth-order valence-electron chi connectivity index (χ4n) is 0. The third kappa shape index (κ3) is 26.0. The molecular weight excluding hydrogens is 207 g/mol. The van der Waals surface area contributed by atoms with E-state index in [4.69, 9.17) is 0 Å². The van der Waals surface area contributed by atoms with E-state index in [0.717, 1.165) is 0 Å². The summed E-state index contributed by atoms with van der Waals surface area (Å²) in [4.78, 5) is 0. The standard InChI is InChI=1S/3ClH.Cl.Zn/h3*1H;;/q;;;+1;+2/p-3. The van der Waals surface area contributed by atoms with Gasteiger partial charge in [0.15, 0.2) is 0 Å². The minimum Gasteiger partial charge on any atom is -1.00 e. The van der Waals surface area contributed by atoms with Crippen molar-refractivity contribution in [2.45, 2.75) is 0 Å². The average Bonchev–Trinajstić information content (AvgIpc) is 0. The van der Waals surface area contributed by atoms with Crippen molar-refractivity contribution >= 4 is 0 Å². The molecule has 2 radical (unpaired) electrons. The Morgan fingerprint density at radius 2 is 0.600 bits per heavy atom. The van der Waals surface area contributed by atoms with Gasteiger partial charge in [-0.25, -0.2) is 0 Å². The summed E-state index contributed by atoms with van der Waals surface area (Å²) in [6.45, 7) is 0. The van der Waals surface area contributed by atoms with Gasteiger partial charge in [0, 0.05) is 0 Å². The molecule has 0 amide bonds. The van der Waals surface area contributed by atoms with E-state index >= 15 is 0 Å². The van der Waals surface area contributed by atoms with E-state index in [0.29, 0.717) is 0 Å². The summed E-state index contributed by atoms with van der Waals surface area (Å²) in [6, 6.07) is 0. The Balaban J connectivity index is 0. The zero-order valence-electron chi connectivity index (χ0n) is 2.22. The van der Waals surface area contributed by atoms with Gasteiger partial charge in [-0.3, -0.25) is 0 Å². The van der Waals surface area contributed by atoms with Gasteiger partial charge in [-0.1, -0.05) is 0 Å². The average molecular weight is 207 g/mol. The molecule has 0 aromatic rings. The van der Waals surface area contributed by atoms with Gasteiger partial charge in [0.05, 0.1) is 0 Å². The largest absolute Gasteiger partial charge is 2.00 e. The summed E-state index contributed by atoms with van der Waals surface area (Å²) >= 11 is 0. The van der Waals surface area contributed by atoms with E-state index in [-0.39, 0.29) is 69.1 Å². The van der Waals surface area contributed by atoms with Gasteiger partial charge in [-0.2, -0.15) is 0 Å². The molecule has 0 atom stereocenters. The second-order valence-corrected chi connectivity index (χ2v) is 0. The first-order valence-corrected chi connectivity index (χ1v) is 0. The molecule has 0 nitrogen and oxygen atoms in total. The van der Waals surface area contributed by atoms with Crippen molar-refractivity contribution < 1.29 is 69.1 Å². The predicted molar refractivity (Wildman–Crippen MR) is 0 cm³/mol. The summed E-state index contributed by atoms with van der Waals surface area (Å²) in [7, 11) is 0. The normalized spacial score (nSPS) is 0. The Morgan fingerprint density at radius 1 is 0.600 bits per heavy atom. The first kappa shape index (κ1) is 71.3.